The van der Waals surface area contributed by atoms with Crippen LogP contribution < -0.4 is 14.8 Å². The molecule has 2 fully saturated rings. The van der Waals surface area contributed by atoms with Crippen LogP contribution in [0.1, 0.15) is 43.3 Å². The lowest BCUT2D eigenvalue weighted by Crippen LogP contribution is -2.55. The Kier molecular flexibility index (Phi) is 5.33. The van der Waals surface area contributed by atoms with Gasteiger partial charge in [0.05, 0.1) is 13.1 Å². The molecule has 1 N–H and O–H groups in total. The summed E-state index contributed by atoms with van der Waals surface area (Å²) in [4.78, 5) is 30.1. The largest absolute Gasteiger partial charge is 0.465 e. The molecular weight excluding hydrogens is 410 g/mol. The molecule has 0 bridgehead atoms. The van der Waals surface area contributed by atoms with E-state index in [0.717, 1.165) is 49.6 Å². The highest BCUT2D eigenvalue weighted by Gasteiger charge is 2.54. The monoisotopic (exact) mass is 439 g/mol. The van der Waals surface area contributed by atoms with Crippen LogP contribution >= 0.6 is 0 Å². The highest BCUT2D eigenvalue weighted by molar-refractivity contribution is 6.07. The number of rotatable bonds is 6. The molecule has 0 spiro atoms. The summed E-state index contributed by atoms with van der Waals surface area (Å²) in [5.74, 6) is 3.21. The van der Waals surface area contributed by atoms with E-state index in [2.05, 4.69) is 10.2 Å². The summed E-state index contributed by atoms with van der Waals surface area (Å²) in [7, 11) is 0. The number of piperidine rings is 1. The maximum atomic E-state index is 13.5. The summed E-state index contributed by atoms with van der Waals surface area (Å²) in [6, 6.07) is 9.21. The van der Waals surface area contributed by atoms with Crippen molar-refractivity contribution in [3.63, 3.8) is 0 Å². The second-order valence-electron chi connectivity index (χ2n) is 8.90. The summed E-state index contributed by atoms with van der Waals surface area (Å²) in [6.07, 6.45) is 2.30. The van der Waals surface area contributed by atoms with Crippen LogP contribution in [-0.4, -0.2) is 47.2 Å². The number of furan rings is 1. The summed E-state index contributed by atoms with van der Waals surface area (Å²) in [5.41, 5.74) is 0.00838. The van der Waals surface area contributed by atoms with Gasteiger partial charge in [0.1, 0.15) is 17.1 Å². The molecule has 2 aromatic rings. The number of ether oxygens (including phenoxy) is 2. The minimum Gasteiger partial charge on any atom is -0.465 e. The zero-order chi connectivity index (χ0) is 22.3. The van der Waals surface area contributed by atoms with Crippen LogP contribution in [0.3, 0.4) is 0 Å². The van der Waals surface area contributed by atoms with Crippen molar-refractivity contribution >= 4 is 11.9 Å². The van der Waals surface area contributed by atoms with Crippen molar-refractivity contribution in [3.8, 4) is 11.5 Å². The maximum Gasteiger partial charge on any atom is 0.325 e. The molecule has 0 radical (unpaired) electrons. The number of nitrogens with one attached hydrogen (secondary N) is 1. The first-order chi connectivity index (χ1) is 15.5. The lowest BCUT2D eigenvalue weighted by atomic mass is 9.75. The number of imide groups is 1. The van der Waals surface area contributed by atoms with Crippen molar-refractivity contribution < 1.29 is 23.5 Å². The summed E-state index contributed by atoms with van der Waals surface area (Å²) in [6.45, 7) is 6.87. The number of fused-ring (bicyclic) bond motifs is 1. The Labute approximate surface area is 187 Å². The van der Waals surface area contributed by atoms with Crippen LogP contribution in [0.5, 0.6) is 11.5 Å². The van der Waals surface area contributed by atoms with Crippen LogP contribution in [0.2, 0.25) is 0 Å². The normalized spacial score (nSPS) is 23.8. The Hall–Kier alpha value is -3.00. The average Bonchev–Trinajstić information content (AvgIpc) is 3.49. The number of benzene rings is 1. The number of amides is 3. The lowest BCUT2D eigenvalue weighted by Gasteiger charge is -2.40. The quantitative estimate of drug-likeness (QED) is 0.695. The van der Waals surface area contributed by atoms with Gasteiger partial charge in [-0.1, -0.05) is 13.0 Å². The zero-order valence-corrected chi connectivity index (χ0v) is 18.6. The Balaban J connectivity index is 1.26. The lowest BCUT2D eigenvalue weighted by molar-refractivity contribution is -0.134. The third kappa shape index (κ3) is 3.62. The van der Waals surface area contributed by atoms with Crippen molar-refractivity contribution in [2.24, 2.45) is 5.92 Å². The molecular formula is C24H29N3O5. The van der Waals surface area contributed by atoms with Crippen LogP contribution in [0.25, 0.3) is 0 Å². The molecule has 3 aliphatic rings. The highest BCUT2D eigenvalue weighted by Crippen LogP contribution is 2.38. The molecule has 3 amide bonds. The molecule has 1 aromatic heterocycles. The number of urea groups is 1. The second kappa shape index (κ2) is 8.16. The molecule has 32 heavy (non-hydrogen) atoms. The van der Waals surface area contributed by atoms with Gasteiger partial charge in [0.25, 0.3) is 5.91 Å². The number of aryl methyl sites for hydroxylation is 1. The minimum atomic E-state index is -0.833. The fourth-order valence-electron chi connectivity index (χ4n) is 5.19. The molecule has 8 nitrogen and oxygen atoms in total. The van der Waals surface area contributed by atoms with E-state index < -0.39 is 5.54 Å². The van der Waals surface area contributed by atoms with Gasteiger partial charge in [-0.25, -0.2) is 4.79 Å². The summed E-state index contributed by atoms with van der Waals surface area (Å²) in [5, 5.41) is 3.07. The third-order valence-electron chi connectivity index (χ3n) is 7.00. The number of hydrogen-bond acceptors (Lipinski definition) is 6. The van der Waals surface area contributed by atoms with E-state index in [4.69, 9.17) is 13.9 Å². The van der Waals surface area contributed by atoms with Crippen molar-refractivity contribution in [1.82, 2.24) is 15.1 Å². The average molecular weight is 440 g/mol. The number of likely N-dealkylation sites (tertiary alicyclic amines) is 1. The van der Waals surface area contributed by atoms with Crippen LogP contribution in [0.4, 0.5) is 4.79 Å². The van der Waals surface area contributed by atoms with Crippen molar-refractivity contribution in [2.45, 2.75) is 51.7 Å². The molecule has 1 aromatic carbocycles. The SMILES string of the molecule is CC[C@@]1(C2CCN(Cc3ccc(C)o3)CC2)NC(=O)N(Cc2ccc3c(c2)OCO3)C1=O. The van der Waals surface area contributed by atoms with E-state index in [0.29, 0.717) is 17.9 Å². The maximum absolute atomic E-state index is 13.5. The van der Waals surface area contributed by atoms with Crippen LogP contribution in [0.15, 0.2) is 34.7 Å². The van der Waals surface area contributed by atoms with Gasteiger partial charge in [-0.15, -0.1) is 0 Å². The standard InChI is InChI=1S/C24H29N3O5/c1-3-24(18-8-10-26(11-9-18)14-19-6-4-16(2)32-19)22(28)27(23(29)25-24)13-17-5-7-20-21(12-17)31-15-30-20/h4-7,12,18H,3,8-11,13-15H2,1-2H3,(H,25,29)/t24-/m0/s1. The Bertz CT molecular complexity index is 1030. The first-order valence-corrected chi connectivity index (χ1v) is 11.3. The van der Waals surface area contributed by atoms with Crippen molar-refractivity contribution in [2.75, 3.05) is 19.9 Å². The topological polar surface area (TPSA) is 84.2 Å². The Morgan fingerprint density at radius 1 is 1.06 bits per heavy atom. The van der Waals surface area contributed by atoms with E-state index >= 15 is 0 Å². The van der Waals surface area contributed by atoms with Gasteiger partial charge in [-0.2, -0.15) is 0 Å². The summed E-state index contributed by atoms with van der Waals surface area (Å²) < 4.78 is 16.5. The molecule has 4 heterocycles. The molecule has 3 aliphatic heterocycles. The molecule has 5 rings (SSSR count). The van der Waals surface area contributed by atoms with E-state index in [1.165, 1.54) is 4.90 Å². The molecule has 8 heteroatoms. The van der Waals surface area contributed by atoms with Gasteiger partial charge in [-0.05, 0) is 75.0 Å². The van der Waals surface area contributed by atoms with Gasteiger partial charge < -0.3 is 19.2 Å². The van der Waals surface area contributed by atoms with Gasteiger partial charge in [0.2, 0.25) is 6.79 Å². The highest BCUT2D eigenvalue weighted by atomic mass is 16.7. The molecule has 0 unspecified atom stereocenters. The van der Waals surface area contributed by atoms with Crippen molar-refractivity contribution in [3.05, 3.63) is 47.4 Å². The van der Waals surface area contributed by atoms with E-state index in [-0.39, 0.29) is 31.2 Å². The molecule has 170 valence electrons. The number of carbonyl (C=O) groups is 2. The van der Waals surface area contributed by atoms with E-state index in [1.807, 2.05) is 44.2 Å². The molecule has 0 saturated carbocycles. The number of carbonyl (C=O) groups excluding carboxylic acids is 2. The molecule has 2 saturated heterocycles. The zero-order valence-electron chi connectivity index (χ0n) is 18.6. The summed E-state index contributed by atoms with van der Waals surface area (Å²) >= 11 is 0. The molecule has 0 aliphatic carbocycles. The second-order valence-corrected chi connectivity index (χ2v) is 8.90. The van der Waals surface area contributed by atoms with Gasteiger partial charge >= 0.3 is 6.03 Å². The van der Waals surface area contributed by atoms with Crippen molar-refractivity contribution in [1.29, 1.82) is 0 Å². The van der Waals surface area contributed by atoms with Gasteiger partial charge in [0, 0.05) is 0 Å². The Morgan fingerprint density at radius 2 is 1.84 bits per heavy atom. The molecule has 1 atom stereocenters. The van der Waals surface area contributed by atoms with Crippen LogP contribution in [0, 0.1) is 12.8 Å². The number of nitrogens with zero attached hydrogens (tertiary/aromatic N) is 2. The van der Waals surface area contributed by atoms with Gasteiger partial charge in [0.15, 0.2) is 11.5 Å². The van der Waals surface area contributed by atoms with E-state index in [9.17, 15) is 9.59 Å². The van der Waals surface area contributed by atoms with E-state index in [1.54, 1.807) is 0 Å². The fraction of sp³-hybridized carbons (Fsp3) is 0.500. The first kappa shape index (κ1) is 20.9. The number of hydrogen-bond donors (Lipinski definition) is 1. The predicted molar refractivity (Wildman–Crippen MR) is 116 cm³/mol. The smallest absolute Gasteiger partial charge is 0.325 e. The Morgan fingerprint density at radius 3 is 2.56 bits per heavy atom. The predicted octanol–water partition coefficient (Wildman–Crippen LogP) is 3.43. The first-order valence-electron chi connectivity index (χ1n) is 11.3. The minimum absolute atomic E-state index is 0.111. The fourth-order valence-corrected chi connectivity index (χ4v) is 5.19. The van der Waals surface area contributed by atoms with Crippen LogP contribution in [-0.2, 0) is 17.9 Å². The third-order valence-corrected chi connectivity index (χ3v) is 7.00. The van der Waals surface area contributed by atoms with Gasteiger partial charge in [-0.3, -0.25) is 14.6 Å².